The first kappa shape index (κ1) is 12.9. The van der Waals surface area contributed by atoms with E-state index >= 15 is 0 Å². The lowest BCUT2D eigenvalue weighted by Gasteiger charge is -2.28. The summed E-state index contributed by atoms with van der Waals surface area (Å²) in [7, 11) is 3.77. The molecule has 2 N–H and O–H groups in total. The SMILES string of the molecule is COCC(C)N(C)c1cc(C)ncc1CN. The number of aromatic nitrogens is 1. The maximum Gasteiger partial charge on any atom is 0.0663 e. The van der Waals surface area contributed by atoms with E-state index in [1.807, 2.05) is 13.1 Å². The summed E-state index contributed by atoms with van der Waals surface area (Å²) in [5.41, 5.74) is 8.92. The van der Waals surface area contributed by atoms with E-state index in [9.17, 15) is 0 Å². The molecule has 0 fully saturated rings. The van der Waals surface area contributed by atoms with Crippen LogP contribution in [0, 0.1) is 6.92 Å². The highest BCUT2D eigenvalue weighted by molar-refractivity contribution is 5.53. The van der Waals surface area contributed by atoms with Crippen LogP contribution >= 0.6 is 0 Å². The van der Waals surface area contributed by atoms with Gasteiger partial charge in [-0.2, -0.15) is 0 Å². The van der Waals surface area contributed by atoms with Gasteiger partial charge in [0.25, 0.3) is 0 Å². The molecule has 1 aromatic heterocycles. The summed E-state index contributed by atoms with van der Waals surface area (Å²) < 4.78 is 5.16. The molecule has 1 rings (SSSR count). The molecule has 1 unspecified atom stereocenters. The Morgan fingerprint density at radius 2 is 2.25 bits per heavy atom. The number of likely N-dealkylation sites (N-methyl/N-ethyl adjacent to an activating group) is 1. The molecule has 0 aromatic carbocycles. The number of methoxy groups -OCH3 is 1. The number of hydrogen-bond donors (Lipinski definition) is 1. The standard InChI is InChI=1S/C12H21N3O/c1-9-5-12(11(6-13)7-14-9)15(3)10(2)8-16-4/h5,7,10H,6,8,13H2,1-4H3. The van der Waals surface area contributed by atoms with Crippen molar-refractivity contribution in [2.45, 2.75) is 26.4 Å². The average molecular weight is 223 g/mol. The predicted octanol–water partition coefficient (Wildman–Crippen LogP) is 1.32. The van der Waals surface area contributed by atoms with Crippen molar-refractivity contribution in [1.82, 2.24) is 4.98 Å². The van der Waals surface area contributed by atoms with Gasteiger partial charge in [0.2, 0.25) is 0 Å². The summed E-state index contributed by atoms with van der Waals surface area (Å²) in [6.45, 7) is 5.31. The molecule has 0 saturated carbocycles. The molecule has 0 aliphatic heterocycles. The summed E-state index contributed by atoms with van der Waals surface area (Å²) >= 11 is 0. The Labute approximate surface area is 97.4 Å². The number of anilines is 1. The van der Waals surface area contributed by atoms with Crippen LogP contribution in [-0.2, 0) is 11.3 Å². The Morgan fingerprint density at radius 3 is 2.81 bits per heavy atom. The number of aryl methyl sites for hydroxylation is 1. The van der Waals surface area contributed by atoms with Gasteiger partial charge in [-0.1, -0.05) is 0 Å². The van der Waals surface area contributed by atoms with E-state index in [4.69, 9.17) is 10.5 Å². The fraction of sp³-hybridized carbons (Fsp3) is 0.583. The first-order chi connectivity index (χ1) is 7.60. The van der Waals surface area contributed by atoms with E-state index in [-0.39, 0.29) is 0 Å². The predicted molar refractivity (Wildman–Crippen MR) is 66.6 cm³/mol. The highest BCUT2D eigenvalue weighted by Gasteiger charge is 2.13. The van der Waals surface area contributed by atoms with Crippen molar-refractivity contribution in [2.75, 3.05) is 25.7 Å². The minimum absolute atomic E-state index is 0.317. The molecule has 4 heteroatoms. The third-order valence-electron chi connectivity index (χ3n) is 2.77. The van der Waals surface area contributed by atoms with Crippen LogP contribution in [0.3, 0.4) is 0 Å². The molecule has 0 aliphatic carbocycles. The third-order valence-corrected chi connectivity index (χ3v) is 2.77. The maximum atomic E-state index is 5.71. The minimum Gasteiger partial charge on any atom is -0.383 e. The van der Waals surface area contributed by atoms with E-state index in [1.165, 1.54) is 0 Å². The molecule has 90 valence electrons. The zero-order valence-electron chi connectivity index (χ0n) is 10.5. The molecular formula is C12H21N3O. The van der Waals surface area contributed by atoms with Crippen molar-refractivity contribution in [1.29, 1.82) is 0 Å². The fourth-order valence-corrected chi connectivity index (χ4v) is 1.65. The summed E-state index contributed by atoms with van der Waals surface area (Å²) in [4.78, 5) is 6.44. The van der Waals surface area contributed by atoms with Gasteiger partial charge < -0.3 is 15.4 Å². The van der Waals surface area contributed by atoms with E-state index in [0.29, 0.717) is 19.2 Å². The normalized spacial score (nSPS) is 12.6. The molecule has 4 nitrogen and oxygen atoms in total. The van der Waals surface area contributed by atoms with Gasteiger partial charge in [-0.25, -0.2) is 0 Å². The van der Waals surface area contributed by atoms with Crippen molar-refractivity contribution in [3.05, 3.63) is 23.5 Å². The van der Waals surface area contributed by atoms with Crippen LogP contribution in [0.15, 0.2) is 12.3 Å². The van der Waals surface area contributed by atoms with Crippen LogP contribution < -0.4 is 10.6 Å². The van der Waals surface area contributed by atoms with Gasteiger partial charge in [-0.3, -0.25) is 4.98 Å². The lowest BCUT2D eigenvalue weighted by atomic mass is 10.1. The van der Waals surface area contributed by atoms with Gasteiger partial charge in [-0.15, -0.1) is 0 Å². The highest BCUT2D eigenvalue weighted by Crippen LogP contribution is 2.21. The van der Waals surface area contributed by atoms with E-state index in [0.717, 1.165) is 16.9 Å². The molecule has 0 saturated heterocycles. The van der Waals surface area contributed by atoms with Crippen LogP contribution in [0.5, 0.6) is 0 Å². The van der Waals surface area contributed by atoms with Gasteiger partial charge >= 0.3 is 0 Å². The van der Waals surface area contributed by atoms with Crippen molar-refractivity contribution in [2.24, 2.45) is 5.73 Å². The Bertz CT molecular complexity index is 341. The quantitative estimate of drug-likeness (QED) is 0.818. The van der Waals surface area contributed by atoms with Gasteiger partial charge in [0.05, 0.1) is 6.61 Å². The van der Waals surface area contributed by atoms with Gasteiger partial charge in [0.15, 0.2) is 0 Å². The molecule has 0 bridgehead atoms. The molecule has 0 spiro atoms. The second-order valence-corrected chi connectivity index (χ2v) is 4.07. The Balaban J connectivity index is 2.96. The first-order valence-corrected chi connectivity index (χ1v) is 5.47. The second kappa shape index (κ2) is 5.82. The topological polar surface area (TPSA) is 51.4 Å². The van der Waals surface area contributed by atoms with Crippen molar-refractivity contribution < 1.29 is 4.74 Å². The number of ether oxygens (including phenoxy) is 1. The number of nitrogens with two attached hydrogens (primary N) is 1. The average Bonchev–Trinajstić information content (AvgIpc) is 2.28. The van der Waals surface area contributed by atoms with E-state index in [2.05, 4.69) is 29.9 Å². The van der Waals surface area contributed by atoms with Crippen LogP contribution in [0.2, 0.25) is 0 Å². The second-order valence-electron chi connectivity index (χ2n) is 4.07. The van der Waals surface area contributed by atoms with Crippen LogP contribution in [-0.4, -0.2) is 31.8 Å². The Hall–Kier alpha value is -1.13. The van der Waals surface area contributed by atoms with Crippen LogP contribution in [0.25, 0.3) is 0 Å². The largest absolute Gasteiger partial charge is 0.383 e. The lowest BCUT2D eigenvalue weighted by molar-refractivity contribution is 0.183. The molecule has 0 aliphatic rings. The van der Waals surface area contributed by atoms with E-state index < -0.39 is 0 Å². The van der Waals surface area contributed by atoms with Crippen LogP contribution in [0.1, 0.15) is 18.2 Å². The smallest absolute Gasteiger partial charge is 0.0663 e. The molecule has 0 radical (unpaired) electrons. The number of rotatable bonds is 5. The monoisotopic (exact) mass is 223 g/mol. The van der Waals surface area contributed by atoms with Gasteiger partial charge in [-0.05, 0) is 19.9 Å². The van der Waals surface area contributed by atoms with E-state index in [1.54, 1.807) is 7.11 Å². The molecule has 0 amide bonds. The molecule has 1 aromatic rings. The summed E-state index contributed by atoms with van der Waals surface area (Å²) in [5.74, 6) is 0. The van der Waals surface area contributed by atoms with Crippen molar-refractivity contribution in [3.8, 4) is 0 Å². The van der Waals surface area contributed by atoms with Crippen LogP contribution in [0.4, 0.5) is 5.69 Å². The van der Waals surface area contributed by atoms with Gasteiger partial charge in [0, 0.05) is 49.9 Å². The summed E-state index contributed by atoms with van der Waals surface area (Å²) in [5, 5.41) is 0. The number of nitrogens with zero attached hydrogens (tertiary/aromatic N) is 2. The Kier molecular flexibility index (Phi) is 4.71. The first-order valence-electron chi connectivity index (χ1n) is 5.47. The van der Waals surface area contributed by atoms with Gasteiger partial charge in [0.1, 0.15) is 0 Å². The lowest BCUT2D eigenvalue weighted by Crippen LogP contribution is -2.33. The third kappa shape index (κ3) is 2.93. The highest BCUT2D eigenvalue weighted by atomic mass is 16.5. The Morgan fingerprint density at radius 1 is 1.56 bits per heavy atom. The van der Waals surface area contributed by atoms with Crippen molar-refractivity contribution in [3.63, 3.8) is 0 Å². The fourth-order valence-electron chi connectivity index (χ4n) is 1.65. The summed E-state index contributed by atoms with van der Waals surface area (Å²) in [6, 6.07) is 2.38. The molecule has 1 heterocycles. The van der Waals surface area contributed by atoms with Crippen molar-refractivity contribution >= 4 is 5.69 Å². The summed E-state index contributed by atoms with van der Waals surface area (Å²) in [6.07, 6.45) is 1.85. The number of pyridine rings is 1. The molecule has 1 atom stereocenters. The maximum absolute atomic E-state index is 5.71. The molecular weight excluding hydrogens is 202 g/mol. The number of hydrogen-bond acceptors (Lipinski definition) is 4. The zero-order valence-corrected chi connectivity index (χ0v) is 10.5. The molecule has 16 heavy (non-hydrogen) atoms. The zero-order chi connectivity index (χ0) is 12.1. The minimum atomic E-state index is 0.317.